The van der Waals surface area contributed by atoms with Crippen molar-refractivity contribution in [1.82, 2.24) is 30.1 Å². The predicted octanol–water partition coefficient (Wildman–Crippen LogP) is 5.77. The standard InChI is InChI=1S/C32H34N6O/c1-23-11-10-16-26-21-28(32(39)33-29(23)26)30(31-34-35-36-38(31)27-17-8-9-18-27)37(22-25-14-6-3-7-15-25)20-19-24-12-4-2-5-13-24/h2-7,10-16,21,27,30H,8-9,17-20,22H2,1H3,(H,33,39)/t30-/m1/s1. The molecule has 7 heteroatoms. The van der Waals surface area contributed by atoms with Gasteiger partial charge in [0.25, 0.3) is 5.56 Å². The van der Waals surface area contributed by atoms with Gasteiger partial charge in [0, 0.05) is 18.7 Å². The molecule has 0 saturated heterocycles. The minimum Gasteiger partial charge on any atom is -0.321 e. The molecule has 1 aliphatic rings. The van der Waals surface area contributed by atoms with E-state index in [1.807, 2.05) is 41.9 Å². The third kappa shape index (κ3) is 5.40. The highest BCUT2D eigenvalue weighted by molar-refractivity contribution is 5.82. The van der Waals surface area contributed by atoms with Crippen LogP contribution in [0.4, 0.5) is 0 Å². The maximum Gasteiger partial charge on any atom is 0.253 e. The van der Waals surface area contributed by atoms with Gasteiger partial charge in [0.2, 0.25) is 0 Å². The van der Waals surface area contributed by atoms with Gasteiger partial charge in [-0.05, 0) is 64.8 Å². The molecule has 0 radical (unpaired) electrons. The second-order valence-corrected chi connectivity index (χ2v) is 10.6. The monoisotopic (exact) mass is 518 g/mol. The van der Waals surface area contributed by atoms with E-state index in [0.29, 0.717) is 12.1 Å². The molecule has 39 heavy (non-hydrogen) atoms. The number of nitrogens with one attached hydrogen (secondary N) is 1. The van der Waals surface area contributed by atoms with Crippen molar-refractivity contribution in [3.8, 4) is 0 Å². The van der Waals surface area contributed by atoms with Crippen molar-refractivity contribution in [2.45, 2.75) is 57.7 Å². The first kappa shape index (κ1) is 25.2. The number of benzene rings is 3. The maximum atomic E-state index is 13.8. The Balaban J connectivity index is 1.50. The van der Waals surface area contributed by atoms with Crippen LogP contribution < -0.4 is 5.56 Å². The Hall–Kier alpha value is -4.10. The van der Waals surface area contributed by atoms with E-state index < -0.39 is 6.04 Å². The van der Waals surface area contributed by atoms with Crippen LogP contribution in [0.25, 0.3) is 10.9 Å². The number of hydrogen-bond acceptors (Lipinski definition) is 5. The Kier molecular flexibility index (Phi) is 7.32. The number of rotatable bonds is 9. The van der Waals surface area contributed by atoms with Crippen molar-refractivity contribution in [3.63, 3.8) is 0 Å². The molecule has 6 rings (SSSR count). The van der Waals surface area contributed by atoms with Crippen LogP contribution >= 0.6 is 0 Å². The molecule has 3 aromatic carbocycles. The third-order valence-electron chi connectivity index (χ3n) is 7.97. The molecular weight excluding hydrogens is 484 g/mol. The normalized spacial score (nSPS) is 14.8. The molecule has 0 aliphatic heterocycles. The number of fused-ring (bicyclic) bond motifs is 1. The van der Waals surface area contributed by atoms with Crippen LogP contribution in [-0.2, 0) is 13.0 Å². The van der Waals surface area contributed by atoms with Gasteiger partial charge in [-0.15, -0.1) is 5.10 Å². The average molecular weight is 519 g/mol. The molecule has 1 N–H and O–H groups in total. The van der Waals surface area contributed by atoms with Gasteiger partial charge in [0.05, 0.1) is 11.6 Å². The SMILES string of the molecule is Cc1cccc2cc([C@H](c3nnnn3C3CCCC3)N(CCc3ccccc3)Cc3ccccc3)c(=O)[nH]c12. The van der Waals surface area contributed by atoms with Crippen molar-refractivity contribution < 1.29 is 0 Å². The van der Waals surface area contributed by atoms with Gasteiger partial charge in [-0.25, -0.2) is 4.68 Å². The highest BCUT2D eigenvalue weighted by Gasteiger charge is 2.33. The van der Waals surface area contributed by atoms with Crippen LogP contribution in [0, 0.1) is 6.92 Å². The number of para-hydroxylation sites is 1. The molecular formula is C32H34N6O. The summed E-state index contributed by atoms with van der Waals surface area (Å²) in [4.78, 5) is 19.4. The zero-order valence-corrected chi connectivity index (χ0v) is 22.3. The Bertz CT molecular complexity index is 1590. The molecule has 1 fully saturated rings. The largest absolute Gasteiger partial charge is 0.321 e. The molecule has 7 nitrogen and oxygen atoms in total. The summed E-state index contributed by atoms with van der Waals surface area (Å²) in [6, 6.07) is 29.0. The fourth-order valence-corrected chi connectivity index (χ4v) is 5.93. The molecule has 198 valence electrons. The minimum absolute atomic E-state index is 0.0967. The first-order valence-corrected chi connectivity index (χ1v) is 13.9. The van der Waals surface area contributed by atoms with Crippen LogP contribution in [0.1, 0.15) is 65.8 Å². The summed E-state index contributed by atoms with van der Waals surface area (Å²) in [6.07, 6.45) is 5.31. The second-order valence-electron chi connectivity index (χ2n) is 10.6. The van der Waals surface area contributed by atoms with Crippen LogP contribution in [0.3, 0.4) is 0 Å². The van der Waals surface area contributed by atoms with Gasteiger partial charge in [0.15, 0.2) is 5.82 Å². The molecule has 1 atom stereocenters. The van der Waals surface area contributed by atoms with Crippen molar-refractivity contribution >= 4 is 10.9 Å². The number of H-pyrrole nitrogens is 1. The number of hydrogen-bond donors (Lipinski definition) is 1. The fourth-order valence-electron chi connectivity index (χ4n) is 5.93. The summed E-state index contributed by atoms with van der Waals surface area (Å²) in [5.74, 6) is 0.739. The van der Waals surface area contributed by atoms with E-state index in [1.165, 1.54) is 24.0 Å². The summed E-state index contributed by atoms with van der Waals surface area (Å²) in [6.45, 7) is 3.44. The molecule has 0 spiro atoms. The topological polar surface area (TPSA) is 79.7 Å². The third-order valence-corrected chi connectivity index (χ3v) is 7.97. The van der Waals surface area contributed by atoms with Gasteiger partial charge >= 0.3 is 0 Å². The number of aromatic amines is 1. The van der Waals surface area contributed by atoms with E-state index in [4.69, 9.17) is 0 Å². The highest BCUT2D eigenvalue weighted by Crippen LogP contribution is 2.34. The highest BCUT2D eigenvalue weighted by atomic mass is 16.1. The summed E-state index contributed by atoms with van der Waals surface area (Å²) in [5, 5.41) is 14.2. The van der Waals surface area contributed by atoms with E-state index in [1.54, 1.807) is 0 Å². The van der Waals surface area contributed by atoms with Crippen molar-refractivity contribution in [3.05, 3.63) is 123 Å². The lowest BCUT2D eigenvalue weighted by molar-refractivity contribution is 0.201. The van der Waals surface area contributed by atoms with E-state index in [-0.39, 0.29) is 11.6 Å². The summed E-state index contributed by atoms with van der Waals surface area (Å²) in [7, 11) is 0. The van der Waals surface area contributed by atoms with E-state index in [9.17, 15) is 4.79 Å². The molecule has 0 unspecified atom stereocenters. The van der Waals surface area contributed by atoms with Crippen LogP contribution in [0.5, 0.6) is 0 Å². The van der Waals surface area contributed by atoms with Gasteiger partial charge in [-0.2, -0.15) is 0 Å². The van der Waals surface area contributed by atoms with Crippen molar-refractivity contribution in [2.75, 3.05) is 6.54 Å². The van der Waals surface area contributed by atoms with Crippen LogP contribution in [0.15, 0.2) is 89.7 Å². The summed E-state index contributed by atoms with van der Waals surface area (Å²) in [5.41, 5.74) is 4.94. The lowest BCUT2D eigenvalue weighted by Gasteiger charge is -2.32. The van der Waals surface area contributed by atoms with Gasteiger partial charge in [-0.1, -0.05) is 91.7 Å². The van der Waals surface area contributed by atoms with E-state index >= 15 is 0 Å². The number of aryl methyl sites for hydroxylation is 1. The zero-order chi connectivity index (χ0) is 26.6. The number of aromatic nitrogens is 5. The van der Waals surface area contributed by atoms with Gasteiger partial charge < -0.3 is 4.98 Å². The summed E-state index contributed by atoms with van der Waals surface area (Å²) >= 11 is 0. The predicted molar refractivity (Wildman–Crippen MR) is 153 cm³/mol. The first-order chi connectivity index (χ1) is 19.2. The van der Waals surface area contributed by atoms with Gasteiger partial charge in [-0.3, -0.25) is 9.69 Å². The number of pyridine rings is 1. The lowest BCUT2D eigenvalue weighted by atomic mass is 10.00. The Morgan fingerprint density at radius 3 is 2.41 bits per heavy atom. The van der Waals surface area contributed by atoms with Crippen molar-refractivity contribution in [1.29, 1.82) is 0 Å². The quantitative estimate of drug-likeness (QED) is 0.268. The smallest absolute Gasteiger partial charge is 0.253 e. The van der Waals surface area contributed by atoms with E-state index in [2.05, 4.69) is 80.0 Å². The molecule has 5 aromatic rings. The number of tetrazole rings is 1. The minimum atomic E-state index is -0.404. The fraction of sp³-hybridized carbons (Fsp3) is 0.312. The van der Waals surface area contributed by atoms with E-state index in [0.717, 1.165) is 48.1 Å². The Morgan fingerprint density at radius 2 is 1.67 bits per heavy atom. The molecule has 0 bridgehead atoms. The van der Waals surface area contributed by atoms with Crippen LogP contribution in [-0.4, -0.2) is 36.6 Å². The van der Waals surface area contributed by atoms with Crippen LogP contribution in [0.2, 0.25) is 0 Å². The maximum absolute atomic E-state index is 13.8. The lowest BCUT2D eigenvalue weighted by Crippen LogP contribution is -2.36. The molecule has 2 heterocycles. The van der Waals surface area contributed by atoms with Gasteiger partial charge in [0.1, 0.15) is 6.04 Å². The second kappa shape index (κ2) is 11.3. The van der Waals surface area contributed by atoms with Crippen molar-refractivity contribution in [2.24, 2.45) is 0 Å². The Labute approximate surface area is 228 Å². The zero-order valence-electron chi connectivity index (χ0n) is 22.3. The summed E-state index contributed by atoms with van der Waals surface area (Å²) < 4.78 is 2.00. The molecule has 1 saturated carbocycles. The molecule has 0 amide bonds. The first-order valence-electron chi connectivity index (χ1n) is 13.9. The Morgan fingerprint density at radius 1 is 0.949 bits per heavy atom. The molecule has 2 aromatic heterocycles. The average Bonchev–Trinajstić information content (AvgIpc) is 3.66. The molecule has 1 aliphatic carbocycles. The number of nitrogens with zero attached hydrogens (tertiary/aromatic N) is 5.